The lowest BCUT2D eigenvalue weighted by molar-refractivity contribution is -0.159. The molecule has 9 heteroatoms. The van der Waals surface area contributed by atoms with Gasteiger partial charge in [-0.15, -0.1) is 0 Å². The van der Waals surface area contributed by atoms with Crippen molar-refractivity contribution < 1.29 is 26.1 Å². The SMILES string of the molecule is FC(F)(F)c1nc(-c2ccc3c(c2)OSO3)no1. The molecule has 5 nitrogen and oxygen atoms in total. The molecule has 0 saturated carbocycles. The zero-order valence-electron chi connectivity index (χ0n) is 8.39. The first-order valence-electron chi connectivity index (χ1n) is 4.60. The Labute approximate surface area is 102 Å². The first-order chi connectivity index (χ1) is 8.54. The highest BCUT2D eigenvalue weighted by Crippen LogP contribution is 2.40. The summed E-state index contributed by atoms with van der Waals surface area (Å²) < 4.78 is 51.0. The fourth-order valence-corrected chi connectivity index (χ4v) is 1.78. The smallest absolute Gasteiger partial charge is 0.387 e. The molecule has 0 radical (unpaired) electrons. The van der Waals surface area contributed by atoms with E-state index in [9.17, 15) is 13.2 Å². The summed E-state index contributed by atoms with van der Waals surface area (Å²) in [6.07, 6.45) is -4.66. The van der Waals surface area contributed by atoms with Crippen molar-refractivity contribution in [2.24, 2.45) is 0 Å². The van der Waals surface area contributed by atoms with Crippen LogP contribution in [-0.2, 0) is 6.18 Å². The number of nitrogens with zero attached hydrogens (tertiary/aromatic N) is 2. The van der Waals surface area contributed by atoms with E-state index in [0.29, 0.717) is 17.1 Å². The third kappa shape index (κ3) is 1.86. The maximum atomic E-state index is 12.3. The Morgan fingerprint density at radius 3 is 2.61 bits per heavy atom. The number of hydrogen-bond acceptors (Lipinski definition) is 6. The molecule has 0 N–H and O–H groups in total. The van der Waals surface area contributed by atoms with E-state index in [1.54, 1.807) is 6.07 Å². The molecule has 2 aromatic rings. The van der Waals surface area contributed by atoms with Gasteiger partial charge in [0, 0.05) is 5.56 Å². The number of alkyl halides is 3. The van der Waals surface area contributed by atoms with Gasteiger partial charge < -0.3 is 12.9 Å². The summed E-state index contributed by atoms with van der Waals surface area (Å²) in [5.41, 5.74) is 0.346. The molecule has 94 valence electrons. The third-order valence-corrected chi connectivity index (χ3v) is 2.61. The topological polar surface area (TPSA) is 57.4 Å². The van der Waals surface area contributed by atoms with E-state index in [4.69, 9.17) is 8.37 Å². The average molecular weight is 276 g/mol. The van der Waals surface area contributed by atoms with E-state index in [2.05, 4.69) is 14.7 Å². The van der Waals surface area contributed by atoms with Crippen molar-refractivity contribution >= 4 is 12.3 Å². The van der Waals surface area contributed by atoms with Crippen LogP contribution in [0.1, 0.15) is 5.89 Å². The first-order valence-corrected chi connectivity index (χ1v) is 5.27. The number of halogens is 3. The van der Waals surface area contributed by atoms with Crippen molar-refractivity contribution in [1.82, 2.24) is 10.1 Å². The molecule has 0 spiro atoms. The van der Waals surface area contributed by atoms with Gasteiger partial charge in [-0.1, -0.05) is 5.16 Å². The lowest BCUT2D eigenvalue weighted by atomic mass is 10.2. The highest BCUT2D eigenvalue weighted by molar-refractivity contribution is 7.90. The number of aromatic nitrogens is 2. The van der Waals surface area contributed by atoms with Crippen LogP contribution in [0.2, 0.25) is 0 Å². The van der Waals surface area contributed by atoms with E-state index >= 15 is 0 Å². The van der Waals surface area contributed by atoms with Gasteiger partial charge in [0.1, 0.15) is 0 Å². The van der Waals surface area contributed by atoms with Crippen molar-refractivity contribution in [3.63, 3.8) is 0 Å². The van der Waals surface area contributed by atoms with Gasteiger partial charge in [-0.2, -0.15) is 18.2 Å². The summed E-state index contributed by atoms with van der Waals surface area (Å²) in [4.78, 5) is 3.27. The van der Waals surface area contributed by atoms with Gasteiger partial charge in [-0.3, -0.25) is 0 Å². The van der Waals surface area contributed by atoms with Gasteiger partial charge in [0.25, 0.3) is 12.3 Å². The molecule has 2 heterocycles. The summed E-state index contributed by atoms with van der Waals surface area (Å²) >= 11 is 0.772. The van der Waals surface area contributed by atoms with Gasteiger partial charge in [-0.25, -0.2) is 0 Å². The molecule has 1 aliphatic heterocycles. The second-order valence-corrected chi connectivity index (χ2v) is 3.79. The maximum absolute atomic E-state index is 12.3. The van der Waals surface area contributed by atoms with Crippen LogP contribution >= 0.6 is 12.3 Å². The Hall–Kier alpha value is -1.90. The maximum Gasteiger partial charge on any atom is 0.471 e. The predicted molar refractivity (Wildman–Crippen MR) is 53.6 cm³/mol. The van der Waals surface area contributed by atoms with Crippen molar-refractivity contribution in [2.45, 2.75) is 6.18 Å². The van der Waals surface area contributed by atoms with Gasteiger partial charge in [0.15, 0.2) is 11.5 Å². The largest absolute Gasteiger partial charge is 0.471 e. The molecule has 0 unspecified atom stereocenters. The molecule has 0 atom stereocenters. The Morgan fingerprint density at radius 2 is 1.89 bits per heavy atom. The van der Waals surface area contributed by atoms with Crippen LogP contribution in [0.5, 0.6) is 11.5 Å². The standard InChI is InChI=1S/C9H3F3N2O3S/c10-9(11,12)8-13-7(14-15-8)4-1-2-5-6(3-4)17-18-16-5/h1-3H. The summed E-state index contributed by atoms with van der Waals surface area (Å²) in [5, 5.41) is 3.27. The molecule has 3 rings (SSSR count). The van der Waals surface area contributed by atoms with E-state index in [1.807, 2.05) is 0 Å². The quantitative estimate of drug-likeness (QED) is 0.746. The Kier molecular flexibility index (Phi) is 2.37. The highest BCUT2D eigenvalue weighted by atomic mass is 32.2. The fraction of sp³-hybridized carbons (Fsp3) is 0.111. The van der Waals surface area contributed by atoms with Crippen molar-refractivity contribution in [3.05, 3.63) is 24.1 Å². The lowest BCUT2D eigenvalue weighted by Crippen LogP contribution is -2.04. The van der Waals surface area contributed by atoms with Gasteiger partial charge >= 0.3 is 12.1 Å². The molecule has 0 amide bonds. The molecule has 0 bridgehead atoms. The van der Waals surface area contributed by atoms with E-state index in [-0.39, 0.29) is 5.82 Å². The lowest BCUT2D eigenvalue weighted by Gasteiger charge is -1.97. The van der Waals surface area contributed by atoms with Crippen LogP contribution < -0.4 is 8.37 Å². The summed E-state index contributed by atoms with van der Waals surface area (Å²) in [6.45, 7) is 0. The highest BCUT2D eigenvalue weighted by Gasteiger charge is 2.38. The molecular weight excluding hydrogens is 273 g/mol. The second kappa shape index (κ2) is 3.80. The molecule has 1 aromatic carbocycles. The van der Waals surface area contributed by atoms with Crippen LogP contribution in [0.15, 0.2) is 22.7 Å². The van der Waals surface area contributed by atoms with Crippen LogP contribution in [0.25, 0.3) is 11.4 Å². The Balaban J connectivity index is 1.98. The minimum absolute atomic E-state index is 0.161. The first kappa shape index (κ1) is 11.2. The van der Waals surface area contributed by atoms with Crippen molar-refractivity contribution in [3.8, 4) is 22.9 Å². The normalized spacial score (nSPS) is 13.9. The van der Waals surface area contributed by atoms with Crippen molar-refractivity contribution in [1.29, 1.82) is 0 Å². The van der Waals surface area contributed by atoms with E-state index < -0.39 is 12.1 Å². The monoisotopic (exact) mass is 276 g/mol. The fourth-order valence-electron chi connectivity index (χ4n) is 1.33. The van der Waals surface area contributed by atoms with Crippen LogP contribution in [0, 0.1) is 0 Å². The van der Waals surface area contributed by atoms with Crippen LogP contribution in [0.4, 0.5) is 13.2 Å². The van der Waals surface area contributed by atoms with Gasteiger partial charge in [0.05, 0.1) is 0 Å². The van der Waals surface area contributed by atoms with Crippen LogP contribution in [-0.4, -0.2) is 10.1 Å². The van der Waals surface area contributed by atoms with Crippen molar-refractivity contribution in [2.75, 3.05) is 0 Å². The Morgan fingerprint density at radius 1 is 1.11 bits per heavy atom. The number of hydrogen-bond donors (Lipinski definition) is 0. The zero-order chi connectivity index (χ0) is 12.8. The second-order valence-electron chi connectivity index (χ2n) is 3.32. The summed E-state index contributed by atoms with van der Waals surface area (Å²) in [7, 11) is 0. The summed E-state index contributed by atoms with van der Waals surface area (Å²) in [5.74, 6) is -0.658. The van der Waals surface area contributed by atoms with E-state index in [1.165, 1.54) is 12.1 Å². The molecular formula is C9H3F3N2O3S. The molecule has 0 saturated heterocycles. The van der Waals surface area contributed by atoms with Gasteiger partial charge in [0.2, 0.25) is 5.82 Å². The molecule has 0 fully saturated rings. The average Bonchev–Trinajstić information content (AvgIpc) is 2.96. The summed E-state index contributed by atoms with van der Waals surface area (Å²) in [6, 6.07) is 4.54. The number of rotatable bonds is 1. The zero-order valence-corrected chi connectivity index (χ0v) is 9.21. The third-order valence-electron chi connectivity index (χ3n) is 2.12. The minimum atomic E-state index is -4.66. The number of fused-ring (bicyclic) bond motifs is 1. The van der Waals surface area contributed by atoms with E-state index in [0.717, 1.165) is 12.3 Å². The molecule has 0 aliphatic carbocycles. The molecule has 18 heavy (non-hydrogen) atoms. The Bertz CT molecular complexity index is 599. The molecule has 1 aliphatic rings. The van der Waals surface area contributed by atoms with Crippen LogP contribution in [0.3, 0.4) is 0 Å². The minimum Gasteiger partial charge on any atom is -0.387 e. The van der Waals surface area contributed by atoms with Gasteiger partial charge in [-0.05, 0) is 18.2 Å². The predicted octanol–water partition coefficient (Wildman–Crippen LogP) is 3.09. The number of benzene rings is 1. The molecule has 1 aromatic heterocycles.